The Morgan fingerprint density at radius 2 is 2.10 bits per heavy atom. The van der Waals surface area contributed by atoms with Crippen LogP contribution >= 0.6 is 11.3 Å². The van der Waals surface area contributed by atoms with Crippen LogP contribution in [0.15, 0.2) is 30.3 Å². The van der Waals surface area contributed by atoms with Crippen molar-refractivity contribution in [2.75, 3.05) is 18.0 Å². The van der Waals surface area contributed by atoms with E-state index in [1.165, 1.54) is 29.1 Å². The Bertz CT molecular complexity index is 579. The number of nitrogens with zero attached hydrogens (tertiary/aromatic N) is 2. The van der Waals surface area contributed by atoms with E-state index in [1.54, 1.807) is 0 Å². The Morgan fingerprint density at radius 1 is 1.29 bits per heavy atom. The molecule has 0 aliphatic heterocycles. The summed E-state index contributed by atoms with van der Waals surface area (Å²) in [5.41, 5.74) is 2.53. The van der Waals surface area contributed by atoms with Crippen LogP contribution in [0.2, 0.25) is 0 Å². The molecule has 1 unspecified atom stereocenters. The number of hydrogen-bond acceptors (Lipinski definition) is 4. The minimum Gasteiger partial charge on any atom is -0.318 e. The summed E-state index contributed by atoms with van der Waals surface area (Å²) in [4.78, 5) is 8.70. The topological polar surface area (TPSA) is 28.2 Å². The third-order valence-corrected chi connectivity index (χ3v) is 5.24. The lowest BCUT2D eigenvalue weighted by atomic mass is 9.98. The van der Waals surface area contributed by atoms with E-state index in [4.69, 9.17) is 4.98 Å². The SMILES string of the molecule is CCNC1CCCc2nc(N(CC)c3ccccc3)sc21. The van der Waals surface area contributed by atoms with Crippen LogP contribution < -0.4 is 10.2 Å². The molecule has 0 saturated heterocycles. The van der Waals surface area contributed by atoms with Crippen LogP contribution in [0.5, 0.6) is 0 Å². The van der Waals surface area contributed by atoms with E-state index in [1.807, 2.05) is 11.3 Å². The zero-order chi connectivity index (χ0) is 14.7. The number of para-hydroxylation sites is 1. The third-order valence-electron chi connectivity index (χ3n) is 4.00. The number of aromatic nitrogens is 1. The number of anilines is 2. The van der Waals surface area contributed by atoms with E-state index < -0.39 is 0 Å². The minimum absolute atomic E-state index is 0.500. The second-order valence-electron chi connectivity index (χ2n) is 5.39. The number of hydrogen-bond donors (Lipinski definition) is 1. The maximum Gasteiger partial charge on any atom is 0.190 e. The monoisotopic (exact) mass is 301 g/mol. The van der Waals surface area contributed by atoms with E-state index in [9.17, 15) is 0 Å². The number of rotatable bonds is 5. The highest BCUT2D eigenvalue weighted by molar-refractivity contribution is 7.15. The van der Waals surface area contributed by atoms with Crippen LogP contribution in [0.3, 0.4) is 0 Å². The normalized spacial score (nSPS) is 17.5. The number of thiazole rings is 1. The van der Waals surface area contributed by atoms with Gasteiger partial charge >= 0.3 is 0 Å². The predicted molar refractivity (Wildman–Crippen MR) is 90.6 cm³/mol. The zero-order valence-corrected chi connectivity index (χ0v) is 13.6. The van der Waals surface area contributed by atoms with Gasteiger partial charge < -0.3 is 10.2 Å². The van der Waals surface area contributed by atoms with Crippen LogP contribution in [0, 0.1) is 0 Å². The molecule has 3 nitrogen and oxygen atoms in total. The number of aryl methyl sites for hydroxylation is 1. The number of nitrogens with one attached hydrogen (secondary N) is 1. The molecule has 2 aromatic rings. The molecule has 1 aromatic carbocycles. The molecule has 1 atom stereocenters. The van der Waals surface area contributed by atoms with Crippen molar-refractivity contribution in [3.05, 3.63) is 40.9 Å². The van der Waals surface area contributed by atoms with Crippen molar-refractivity contribution >= 4 is 22.2 Å². The standard InChI is InChI=1S/C17H23N3S/c1-3-18-14-11-8-12-15-16(14)21-17(19-15)20(4-2)13-9-6-5-7-10-13/h5-7,9-10,14,18H,3-4,8,11-12H2,1-2H3. The summed E-state index contributed by atoms with van der Waals surface area (Å²) < 4.78 is 0. The Hall–Kier alpha value is -1.39. The summed E-state index contributed by atoms with van der Waals surface area (Å²) in [6, 6.07) is 11.1. The van der Waals surface area contributed by atoms with Crippen LogP contribution in [0.1, 0.15) is 43.3 Å². The van der Waals surface area contributed by atoms with Gasteiger partial charge in [0.2, 0.25) is 0 Å². The van der Waals surface area contributed by atoms with Gasteiger partial charge in [-0.3, -0.25) is 0 Å². The molecule has 0 bridgehead atoms. The molecule has 0 spiro atoms. The fourth-order valence-electron chi connectivity index (χ4n) is 3.00. The molecule has 1 aromatic heterocycles. The summed E-state index contributed by atoms with van der Waals surface area (Å²) >= 11 is 1.86. The molecule has 0 amide bonds. The zero-order valence-electron chi connectivity index (χ0n) is 12.8. The van der Waals surface area contributed by atoms with Crippen molar-refractivity contribution in [1.29, 1.82) is 0 Å². The first kappa shape index (κ1) is 14.5. The molecule has 21 heavy (non-hydrogen) atoms. The summed E-state index contributed by atoms with van der Waals surface area (Å²) in [6.07, 6.45) is 3.60. The Morgan fingerprint density at radius 3 is 2.81 bits per heavy atom. The molecule has 1 N–H and O–H groups in total. The summed E-state index contributed by atoms with van der Waals surface area (Å²) in [5, 5.41) is 4.74. The lowest BCUT2D eigenvalue weighted by molar-refractivity contribution is 0.476. The van der Waals surface area contributed by atoms with E-state index in [0.29, 0.717) is 6.04 Å². The fourth-order valence-corrected chi connectivity index (χ4v) is 4.31. The smallest absolute Gasteiger partial charge is 0.190 e. The molecule has 0 fully saturated rings. The maximum absolute atomic E-state index is 4.94. The van der Waals surface area contributed by atoms with Crippen LogP contribution in [-0.2, 0) is 6.42 Å². The van der Waals surface area contributed by atoms with Gasteiger partial charge in [-0.2, -0.15) is 0 Å². The van der Waals surface area contributed by atoms with Gasteiger partial charge in [-0.15, -0.1) is 0 Å². The van der Waals surface area contributed by atoms with E-state index in [2.05, 4.69) is 54.4 Å². The molecule has 1 aliphatic rings. The summed E-state index contributed by atoms with van der Waals surface area (Å²) in [7, 11) is 0. The van der Waals surface area contributed by atoms with Crippen molar-refractivity contribution in [2.45, 2.75) is 39.2 Å². The first-order valence-electron chi connectivity index (χ1n) is 7.89. The van der Waals surface area contributed by atoms with Gasteiger partial charge in [0, 0.05) is 23.2 Å². The Balaban J connectivity index is 1.92. The summed E-state index contributed by atoms with van der Waals surface area (Å²) in [5.74, 6) is 0. The van der Waals surface area contributed by atoms with Crippen LogP contribution in [0.4, 0.5) is 10.8 Å². The van der Waals surface area contributed by atoms with Gasteiger partial charge in [0.15, 0.2) is 5.13 Å². The average Bonchev–Trinajstić information content (AvgIpc) is 2.94. The fraction of sp³-hybridized carbons (Fsp3) is 0.471. The third kappa shape index (κ3) is 2.97. The van der Waals surface area contributed by atoms with Gasteiger partial charge in [0.25, 0.3) is 0 Å². The van der Waals surface area contributed by atoms with Crippen LogP contribution in [0.25, 0.3) is 0 Å². The van der Waals surface area contributed by atoms with Gasteiger partial charge in [-0.1, -0.05) is 36.5 Å². The van der Waals surface area contributed by atoms with Crippen molar-refractivity contribution in [3.63, 3.8) is 0 Å². The van der Waals surface area contributed by atoms with Gasteiger partial charge in [0.05, 0.1) is 5.69 Å². The molecular formula is C17H23N3S. The van der Waals surface area contributed by atoms with Gasteiger partial charge in [-0.25, -0.2) is 4.98 Å². The molecule has 0 radical (unpaired) electrons. The number of fused-ring (bicyclic) bond motifs is 1. The van der Waals surface area contributed by atoms with E-state index in [0.717, 1.165) is 24.6 Å². The summed E-state index contributed by atoms with van der Waals surface area (Å²) in [6.45, 7) is 6.34. The van der Waals surface area contributed by atoms with Gasteiger partial charge in [0.1, 0.15) is 0 Å². The van der Waals surface area contributed by atoms with Gasteiger partial charge in [-0.05, 0) is 44.9 Å². The lowest BCUT2D eigenvalue weighted by Crippen LogP contribution is -2.23. The molecular weight excluding hydrogens is 278 g/mol. The second-order valence-corrected chi connectivity index (χ2v) is 6.40. The molecule has 3 rings (SSSR count). The quantitative estimate of drug-likeness (QED) is 0.893. The molecule has 0 saturated carbocycles. The maximum atomic E-state index is 4.94. The molecule has 1 aliphatic carbocycles. The highest BCUT2D eigenvalue weighted by Crippen LogP contribution is 2.39. The van der Waals surface area contributed by atoms with E-state index >= 15 is 0 Å². The molecule has 1 heterocycles. The Labute approximate surface area is 131 Å². The highest BCUT2D eigenvalue weighted by atomic mass is 32.1. The average molecular weight is 301 g/mol. The van der Waals surface area contributed by atoms with Crippen molar-refractivity contribution in [2.24, 2.45) is 0 Å². The minimum atomic E-state index is 0.500. The first-order valence-corrected chi connectivity index (χ1v) is 8.70. The second kappa shape index (κ2) is 6.58. The van der Waals surface area contributed by atoms with Crippen molar-refractivity contribution in [1.82, 2.24) is 10.3 Å². The molecule has 4 heteroatoms. The predicted octanol–water partition coefficient (Wildman–Crippen LogP) is 4.29. The van der Waals surface area contributed by atoms with E-state index in [-0.39, 0.29) is 0 Å². The molecule has 112 valence electrons. The van der Waals surface area contributed by atoms with Crippen molar-refractivity contribution < 1.29 is 0 Å². The highest BCUT2D eigenvalue weighted by Gasteiger charge is 2.25. The number of benzene rings is 1. The van der Waals surface area contributed by atoms with Crippen LogP contribution in [-0.4, -0.2) is 18.1 Å². The van der Waals surface area contributed by atoms with Crippen molar-refractivity contribution in [3.8, 4) is 0 Å². The largest absolute Gasteiger partial charge is 0.318 e. The first-order chi connectivity index (χ1) is 10.3. The Kier molecular flexibility index (Phi) is 4.56. The lowest BCUT2D eigenvalue weighted by Gasteiger charge is -2.21.